The molecule has 0 saturated carbocycles. The lowest BCUT2D eigenvalue weighted by atomic mass is 10.2. The highest BCUT2D eigenvalue weighted by Crippen LogP contribution is 2.25. The number of ether oxygens (including phenoxy) is 2. The number of carbonyl (C=O) groups excluding carboxylic acids is 1. The molecule has 0 heterocycles. The molecule has 8 heteroatoms. The Morgan fingerprint density at radius 3 is 2.66 bits per heavy atom. The van der Waals surface area contributed by atoms with Gasteiger partial charge in [-0.15, -0.1) is 0 Å². The van der Waals surface area contributed by atoms with Crippen molar-refractivity contribution in [3.63, 3.8) is 0 Å². The second kappa shape index (κ2) is 11.8. The van der Waals surface area contributed by atoms with Crippen LogP contribution in [0.5, 0.6) is 11.5 Å². The predicted octanol–water partition coefficient (Wildman–Crippen LogP) is 3.12. The molecule has 0 aliphatic heterocycles. The molecule has 0 aliphatic rings. The fourth-order valence-corrected chi connectivity index (χ4v) is 2.56. The van der Waals surface area contributed by atoms with Crippen LogP contribution < -0.4 is 20.5 Å². The van der Waals surface area contributed by atoms with Crippen LogP contribution in [0.3, 0.4) is 0 Å². The zero-order valence-corrected chi connectivity index (χ0v) is 17.3. The molecule has 0 aromatic heterocycles. The summed E-state index contributed by atoms with van der Waals surface area (Å²) in [4.78, 5) is 16.4. The molecule has 2 aromatic carbocycles. The molecule has 0 saturated heterocycles. The third-order valence-electron chi connectivity index (χ3n) is 3.67. The highest BCUT2D eigenvalue weighted by Gasteiger charge is 2.13. The lowest BCUT2D eigenvalue weighted by Gasteiger charge is -2.15. The minimum Gasteiger partial charge on any atom is -0.489 e. The van der Waals surface area contributed by atoms with Crippen molar-refractivity contribution in [2.45, 2.75) is 19.6 Å². The van der Waals surface area contributed by atoms with Crippen LogP contribution in [0.15, 0.2) is 65.8 Å². The van der Waals surface area contributed by atoms with Crippen LogP contribution in [0.25, 0.3) is 0 Å². The van der Waals surface area contributed by atoms with Crippen molar-refractivity contribution in [1.82, 2.24) is 5.32 Å². The Balaban J connectivity index is 2.25. The fraction of sp³-hybridized carbons (Fsp3) is 0.238. The monoisotopic (exact) mass is 415 g/mol. The van der Waals surface area contributed by atoms with Crippen molar-refractivity contribution in [2.24, 2.45) is 10.7 Å². The molecule has 1 atom stereocenters. The second-order valence-corrected chi connectivity index (χ2v) is 6.41. The van der Waals surface area contributed by atoms with Gasteiger partial charge in [0.2, 0.25) is 0 Å². The lowest BCUT2D eigenvalue weighted by Crippen LogP contribution is -2.17. The van der Waals surface area contributed by atoms with E-state index < -0.39 is 5.91 Å². The Labute approximate surface area is 176 Å². The van der Waals surface area contributed by atoms with E-state index in [1.165, 1.54) is 6.08 Å². The summed E-state index contributed by atoms with van der Waals surface area (Å²) in [7, 11) is 1.72. The van der Waals surface area contributed by atoms with Crippen molar-refractivity contribution in [1.29, 1.82) is 0 Å². The maximum Gasteiger partial charge on any atom is 0.279 e. The van der Waals surface area contributed by atoms with E-state index in [-0.39, 0.29) is 18.5 Å². The topological polar surface area (TPSA) is 95.2 Å². The molecule has 29 heavy (non-hydrogen) atoms. The number of aliphatic imine (C=N–C) groups is 1. The van der Waals surface area contributed by atoms with Crippen molar-refractivity contribution in [3.05, 3.63) is 71.9 Å². The first kappa shape index (κ1) is 22.3. The van der Waals surface area contributed by atoms with Crippen molar-refractivity contribution in [3.8, 4) is 11.5 Å². The Morgan fingerprint density at radius 2 is 1.97 bits per heavy atom. The molecule has 1 amide bonds. The third-order valence-corrected chi connectivity index (χ3v) is 3.82. The van der Waals surface area contributed by atoms with E-state index in [1.54, 1.807) is 31.4 Å². The maximum atomic E-state index is 12.5. The lowest BCUT2D eigenvalue weighted by molar-refractivity contribution is 0.100. The number of rotatable bonds is 10. The molecule has 7 nitrogen and oxygen atoms in total. The summed E-state index contributed by atoms with van der Waals surface area (Å²) in [5.74, 6) is 0.514. The first-order valence-electron chi connectivity index (χ1n) is 8.99. The van der Waals surface area contributed by atoms with Gasteiger partial charge in [-0.1, -0.05) is 30.3 Å². The van der Waals surface area contributed by atoms with Gasteiger partial charge in [0.05, 0.1) is 6.61 Å². The molecular weight excluding hydrogens is 390 g/mol. The molecule has 2 rings (SSSR count). The van der Waals surface area contributed by atoms with Crippen LogP contribution in [0.4, 0.5) is 0 Å². The number of hydrogen-bond acceptors (Lipinski definition) is 6. The Morgan fingerprint density at radius 1 is 1.24 bits per heavy atom. The molecule has 154 valence electrons. The standard InChI is InChI=1S/C21H25N3O4S/c1-15(13-27-29)28-19-11-17(21(25)24-20(22)8-9-23-2)10-18(12-19)26-14-16-6-4-3-5-7-16/h3-12,15,23,29H,13-14H2,1-2H3,(H2,22,24,25)/b9-8-/t15-/m0/s1. The van der Waals surface area contributed by atoms with Gasteiger partial charge in [-0.3, -0.25) is 4.79 Å². The predicted molar refractivity (Wildman–Crippen MR) is 116 cm³/mol. The van der Waals surface area contributed by atoms with Crippen molar-refractivity contribution >= 4 is 24.7 Å². The molecule has 0 aliphatic carbocycles. The Hall–Kier alpha value is -2.97. The summed E-state index contributed by atoms with van der Waals surface area (Å²) in [6.07, 6.45) is 2.81. The second-order valence-electron chi connectivity index (χ2n) is 6.16. The summed E-state index contributed by atoms with van der Waals surface area (Å²) in [6.45, 7) is 2.46. The highest BCUT2D eigenvalue weighted by atomic mass is 32.1. The van der Waals surface area contributed by atoms with Crippen LogP contribution in [-0.4, -0.2) is 31.5 Å². The quantitative estimate of drug-likeness (QED) is 0.239. The molecule has 0 radical (unpaired) electrons. The van der Waals surface area contributed by atoms with Gasteiger partial charge in [0.15, 0.2) is 0 Å². The number of nitrogens with zero attached hydrogens (tertiary/aromatic N) is 1. The first-order chi connectivity index (χ1) is 14.0. The fourth-order valence-electron chi connectivity index (χ4n) is 2.35. The van der Waals surface area contributed by atoms with E-state index in [2.05, 4.69) is 23.2 Å². The van der Waals surface area contributed by atoms with Gasteiger partial charge < -0.3 is 24.7 Å². The Bertz CT molecular complexity index is 856. The molecule has 2 aromatic rings. The first-order valence-corrected chi connectivity index (χ1v) is 9.35. The van der Waals surface area contributed by atoms with Gasteiger partial charge in [0.25, 0.3) is 5.91 Å². The smallest absolute Gasteiger partial charge is 0.279 e. The minimum atomic E-state index is -0.503. The van der Waals surface area contributed by atoms with Gasteiger partial charge in [-0.05, 0) is 49.8 Å². The summed E-state index contributed by atoms with van der Waals surface area (Å²) in [6, 6.07) is 14.6. The van der Waals surface area contributed by atoms with Gasteiger partial charge in [0, 0.05) is 18.7 Å². The van der Waals surface area contributed by atoms with E-state index in [9.17, 15) is 4.79 Å². The number of nitrogens with two attached hydrogens (primary N) is 1. The zero-order chi connectivity index (χ0) is 21.1. The SMILES string of the molecule is CN/C=C\C(N)=NC(=O)c1cc(OCc2ccccc2)cc(O[C@@H](C)COS)c1. The number of nitrogens with one attached hydrogen (secondary N) is 1. The molecule has 0 fully saturated rings. The van der Waals surface area contributed by atoms with Crippen LogP contribution >= 0.6 is 12.9 Å². The van der Waals surface area contributed by atoms with E-state index in [0.717, 1.165) is 5.56 Å². The summed E-state index contributed by atoms with van der Waals surface area (Å²) in [5.41, 5.74) is 7.04. The molecule has 0 bridgehead atoms. The van der Waals surface area contributed by atoms with Gasteiger partial charge in [0.1, 0.15) is 30.0 Å². The number of carbonyl (C=O) groups is 1. The number of thiol groups is 1. The van der Waals surface area contributed by atoms with Crippen LogP contribution in [0.2, 0.25) is 0 Å². The minimum absolute atomic E-state index is 0.0827. The van der Waals surface area contributed by atoms with Crippen LogP contribution in [0, 0.1) is 0 Å². The van der Waals surface area contributed by atoms with Gasteiger partial charge in [-0.2, -0.15) is 4.99 Å². The average Bonchev–Trinajstić information content (AvgIpc) is 2.71. The average molecular weight is 416 g/mol. The molecule has 0 unspecified atom stereocenters. The van der Waals surface area contributed by atoms with E-state index in [0.29, 0.717) is 23.7 Å². The van der Waals surface area contributed by atoms with Gasteiger partial charge in [-0.25, -0.2) is 0 Å². The third kappa shape index (κ3) is 7.89. The van der Waals surface area contributed by atoms with E-state index in [1.807, 2.05) is 37.3 Å². The number of amidine groups is 1. The van der Waals surface area contributed by atoms with Crippen molar-refractivity contribution in [2.75, 3.05) is 13.7 Å². The summed E-state index contributed by atoms with van der Waals surface area (Å²) < 4.78 is 16.4. The highest BCUT2D eigenvalue weighted by molar-refractivity contribution is 7.75. The number of amides is 1. The number of hydrogen-bond donors (Lipinski definition) is 3. The number of benzene rings is 2. The zero-order valence-electron chi connectivity index (χ0n) is 16.4. The summed E-state index contributed by atoms with van der Waals surface area (Å²) in [5, 5.41) is 2.78. The van der Waals surface area contributed by atoms with E-state index >= 15 is 0 Å². The normalized spacial score (nSPS) is 12.6. The van der Waals surface area contributed by atoms with Crippen molar-refractivity contribution < 1.29 is 18.5 Å². The van der Waals surface area contributed by atoms with Gasteiger partial charge >= 0.3 is 0 Å². The van der Waals surface area contributed by atoms with E-state index in [4.69, 9.17) is 19.4 Å². The maximum absolute atomic E-state index is 12.5. The molecule has 0 spiro atoms. The Kier molecular flexibility index (Phi) is 9.07. The molecular formula is C21H25N3O4S. The van der Waals surface area contributed by atoms with Crippen LogP contribution in [0.1, 0.15) is 22.8 Å². The summed E-state index contributed by atoms with van der Waals surface area (Å²) >= 11 is 3.74. The van der Waals surface area contributed by atoms with Crippen LogP contribution in [-0.2, 0) is 10.8 Å². The largest absolute Gasteiger partial charge is 0.489 e. The molecule has 3 N–H and O–H groups in total.